The van der Waals surface area contributed by atoms with E-state index in [4.69, 9.17) is 23.2 Å². The van der Waals surface area contributed by atoms with E-state index in [0.29, 0.717) is 22.3 Å². The predicted molar refractivity (Wildman–Crippen MR) is 90.9 cm³/mol. The van der Waals surface area contributed by atoms with Gasteiger partial charge in [0.1, 0.15) is 0 Å². The van der Waals surface area contributed by atoms with E-state index in [9.17, 15) is 4.79 Å². The summed E-state index contributed by atoms with van der Waals surface area (Å²) >= 11 is 12.2. The van der Waals surface area contributed by atoms with Gasteiger partial charge in [0, 0.05) is 29.7 Å². The van der Waals surface area contributed by atoms with E-state index in [2.05, 4.69) is 22.4 Å². The van der Waals surface area contributed by atoms with Crippen LogP contribution in [0.5, 0.6) is 0 Å². The van der Waals surface area contributed by atoms with Crippen LogP contribution in [-0.4, -0.2) is 34.2 Å². The van der Waals surface area contributed by atoms with Crippen molar-refractivity contribution in [1.29, 1.82) is 0 Å². The maximum absolute atomic E-state index is 12.3. The molecular formula is C16H18Cl2N4O. The topological polar surface area (TPSA) is 50.2 Å². The molecule has 1 amide bonds. The smallest absolute Gasteiger partial charge is 0.272 e. The van der Waals surface area contributed by atoms with Gasteiger partial charge in [-0.3, -0.25) is 14.4 Å². The fourth-order valence-corrected chi connectivity index (χ4v) is 3.39. The van der Waals surface area contributed by atoms with Gasteiger partial charge in [0.05, 0.1) is 12.2 Å². The van der Waals surface area contributed by atoms with Gasteiger partial charge >= 0.3 is 0 Å². The molecule has 1 aliphatic heterocycles. The van der Waals surface area contributed by atoms with Crippen molar-refractivity contribution in [3.8, 4) is 0 Å². The highest BCUT2D eigenvalue weighted by Gasteiger charge is 2.19. The third-order valence-corrected chi connectivity index (χ3v) is 4.59. The van der Waals surface area contributed by atoms with Crippen LogP contribution in [0.2, 0.25) is 10.0 Å². The number of rotatable bonds is 3. The van der Waals surface area contributed by atoms with E-state index < -0.39 is 0 Å². The third-order valence-electron chi connectivity index (χ3n) is 4.03. The first-order valence-electron chi connectivity index (χ1n) is 7.42. The molecule has 1 aromatic carbocycles. The Labute approximate surface area is 145 Å². The Morgan fingerprint density at radius 3 is 2.83 bits per heavy atom. The Morgan fingerprint density at radius 2 is 2.09 bits per heavy atom. The number of likely N-dealkylation sites (N-methyl/N-ethyl adjacent to an activating group) is 1. The summed E-state index contributed by atoms with van der Waals surface area (Å²) in [6.07, 6.45) is 0. The van der Waals surface area contributed by atoms with E-state index in [-0.39, 0.29) is 5.91 Å². The molecule has 3 rings (SSSR count). The molecule has 0 fully saturated rings. The van der Waals surface area contributed by atoms with Crippen molar-refractivity contribution in [3.63, 3.8) is 0 Å². The number of amides is 1. The highest BCUT2D eigenvalue weighted by Crippen LogP contribution is 2.25. The average Bonchev–Trinajstić information content (AvgIpc) is 2.88. The molecule has 7 heteroatoms. The van der Waals surface area contributed by atoms with Crippen LogP contribution in [0.1, 0.15) is 27.3 Å². The summed E-state index contributed by atoms with van der Waals surface area (Å²) in [6, 6.07) is 5.37. The first-order chi connectivity index (χ1) is 10.9. The molecule has 1 aromatic heterocycles. The molecule has 0 bridgehead atoms. The minimum Gasteiger partial charge on any atom is -0.346 e. The number of nitrogens with zero attached hydrogens (tertiary/aromatic N) is 3. The standard InChI is InChI=1S/C16H18Cl2N4O/c1-10-5-11(17)6-14(18)13(10)8-19-16(23)15-7-12-9-21(2)3-4-22(12)20-15/h5-7H,3-4,8-9H2,1-2H3,(H,19,23). The molecule has 23 heavy (non-hydrogen) atoms. The first-order valence-corrected chi connectivity index (χ1v) is 8.17. The normalized spacial score (nSPS) is 14.6. The predicted octanol–water partition coefficient (Wildman–Crippen LogP) is 2.87. The molecule has 0 saturated carbocycles. The molecule has 0 aliphatic carbocycles. The van der Waals surface area contributed by atoms with Crippen molar-refractivity contribution in [1.82, 2.24) is 20.0 Å². The van der Waals surface area contributed by atoms with Crippen LogP contribution >= 0.6 is 23.2 Å². The van der Waals surface area contributed by atoms with Crippen LogP contribution < -0.4 is 5.32 Å². The molecule has 2 heterocycles. The summed E-state index contributed by atoms with van der Waals surface area (Å²) in [6.45, 7) is 4.83. The monoisotopic (exact) mass is 352 g/mol. The van der Waals surface area contributed by atoms with Gasteiger partial charge in [-0.1, -0.05) is 23.2 Å². The van der Waals surface area contributed by atoms with E-state index in [0.717, 1.165) is 36.5 Å². The van der Waals surface area contributed by atoms with Crippen LogP contribution in [0.4, 0.5) is 0 Å². The second-order valence-corrected chi connectivity index (χ2v) is 6.69. The summed E-state index contributed by atoms with van der Waals surface area (Å²) in [4.78, 5) is 14.5. The molecule has 0 unspecified atom stereocenters. The van der Waals surface area contributed by atoms with Crippen molar-refractivity contribution in [2.24, 2.45) is 0 Å². The lowest BCUT2D eigenvalue weighted by Gasteiger charge is -2.22. The molecular weight excluding hydrogens is 335 g/mol. The van der Waals surface area contributed by atoms with Gasteiger partial charge < -0.3 is 5.32 Å². The van der Waals surface area contributed by atoms with Crippen molar-refractivity contribution in [2.45, 2.75) is 26.6 Å². The fraction of sp³-hybridized carbons (Fsp3) is 0.375. The van der Waals surface area contributed by atoms with E-state index in [1.165, 1.54) is 0 Å². The maximum Gasteiger partial charge on any atom is 0.272 e. The zero-order chi connectivity index (χ0) is 16.6. The molecule has 0 spiro atoms. The lowest BCUT2D eigenvalue weighted by molar-refractivity contribution is 0.0945. The van der Waals surface area contributed by atoms with E-state index in [1.54, 1.807) is 6.07 Å². The van der Waals surface area contributed by atoms with Crippen molar-refractivity contribution in [2.75, 3.05) is 13.6 Å². The Morgan fingerprint density at radius 1 is 1.30 bits per heavy atom. The van der Waals surface area contributed by atoms with Gasteiger partial charge in [0.2, 0.25) is 0 Å². The molecule has 122 valence electrons. The highest BCUT2D eigenvalue weighted by molar-refractivity contribution is 6.35. The van der Waals surface area contributed by atoms with Gasteiger partial charge in [-0.05, 0) is 43.3 Å². The zero-order valence-electron chi connectivity index (χ0n) is 13.1. The Kier molecular flexibility index (Phi) is 4.62. The van der Waals surface area contributed by atoms with Gasteiger partial charge in [0.15, 0.2) is 5.69 Å². The highest BCUT2D eigenvalue weighted by atomic mass is 35.5. The van der Waals surface area contributed by atoms with Gasteiger partial charge in [-0.2, -0.15) is 5.10 Å². The second-order valence-electron chi connectivity index (χ2n) is 5.85. The van der Waals surface area contributed by atoms with Crippen molar-refractivity contribution >= 4 is 29.1 Å². The third kappa shape index (κ3) is 3.52. The van der Waals surface area contributed by atoms with Gasteiger partial charge in [0.25, 0.3) is 5.91 Å². The minimum atomic E-state index is -0.194. The first kappa shape index (κ1) is 16.3. The van der Waals surface area contributed by atoms with Crippen molar-refractivity contribution < 1.29 is 4.79 Å². The summed E-state index contributed by atoms with van der Waals surface area (Å²) in [7, 11) is 2.06. The average molecular weight is 353 g/mol. The number of carbonyl (C=O) groups excluding carboxylic acids is 1. The number of nitrogens with one attached hydrogen (secondary N) is 1. The van der Waals surface area contributed by atoms with Crippen LogP contribution in [0.25, 0.3) is 0 Å². The summed E-state index contributed by atoms with van der Waals surface area (Å²) in [5, 5.41) is 8.41. The Balaban J connectivity index is 1.71. The van der Waals surface area contributed by atoms with Crippen LogP contribution in [0.15, 0.2) is 18.2 Å². The number of carbonyl (C=O) groups is 1. The molecule has 1 N–H and O–H groups in total. The summed E-state index contributed by atoms with van der Waals surface area (Å²) in [5.41, 5.74) is 3.32. The number of hydrogen-bond acceptors (Lipinski definition) is 3. The van der Waals surface area contributed by atoms with Crippen LogP contribution in [0.3, 0.4) is 0 Å². The summed E-state index contributed by atoms with van der Waals surface area (Å²) < 4.78 is 1.90. The zero-order valence-corrected chi connectivity index (χ0v) is 14.6. The van der Waals surface area contributed by atoms with Crippen LogP contribution in [0, 0.1) is 6.92 Å². The largest absolute Gasteiger partial charge is 0.346 e. The minimum absolute atomic E-state index is 0.194. The maximum atomic E-state index is 12.3. The molecule has 1 aliphatic rings. The number of fused-ring (bicyclic) bond motifs is 1. The Hall–Kier alpha value is -1.56. The van der Waals surface area contributed by atoms with Gasteiger partial charge in [-0.15, -0.1) is 0 Å². The molecule has 2 aromatic rings. The molecule has 0 saturated heterocycles. The number of aryl methyl sites for hydroxylation is 1. The molecule has 5 nitrogen and oxygen atoms in total. The summed E-state index contributed by atoms with van der Waals surface area (Å²) in [5.74, 6) is -0.194. The quantitative estimate of drug-likeness (QED) is 0.923. The SMILES string of the molecule is Cc1cc(Cl)cc(Cl)c1CNC(=O)c1cc2n(n1)CCN(C)C2. The van der Waals surface area contributed by atoms with E-state index >= 15 is 0 Å². The number of hydrogen-bond donors (Lipinski definition) is 1. The lowest BCUT2D eigenvalue weighted by Crippen LogP contribution is -2.30. The number of benzene rings is 1. The lowest BCUT2D eigenvalue weighted by atomic mass is 10.1. The van der Waals surface area contributed by atoms with E-state index in [1.807, 2.05) is 23.7 Å². The fourth-order valence-electron chi connectivity index (χ4n) is 2.72. The Bertz CT molecular complexity index is 734. The molecule has 0 atom stereocenters. The van der Waals surface area contributed by atoms with Crippen molar-refractivity contribution in [3.05, 3.63) is 50.8 Å². The van der Waals surface area contributed by atoms with Gasteiger partial charge in [-0.25, -0.2) is 0 Å². The van der Waals surface area contributed by atoms with Crippen LogP contribution in [-0.2, 0) is 19.6 Å². The number of aromatic nitrogens is 2. The second kappa shape index (κ2) is 6.51. The molecule has 0 radical (unpaired) electrons. The number of halogens is 2.